The number of aromatic nitrogens is 5. The van der Waals surface area contributed by atoms with Crippen LogP contribution in [0.3, 0.4) is 0 Å². The molecule has 3 aromatic heterocycles. The average Bonchev–Trinajstić information content (AvgIpc) is 3.27. The van der Waals surface area contributed by atoms with Crippen LogP contribution in [0.15, 0.2) is 49.2 Å². The van der Waals surface area contributed by atoms with Crippen LogP contribution in [0, 0.1) is 0 Å². The maximum Gasteiger partial charge on any atom is 0.215 e. The lowest BCUT2D eigenvalue weighted by Crippen LogP contribution is -2.04. The molecule has 8 nitrogen and oxygen atoms in total. The summed E-state index contributed by atoms with van der Waals surface area (Å²) in [5.41, 5.74) is 2.36. The molecule has 0 amide bonds. The lowest BCUT2D eigenvalue weighted by molar-refractivity contribution is 0.104. The third-order valence-electron chi connectivity index (χ3n) is 3.58. The van der Waals surface area contributed by atoms with Crippen molar-refractivity contribution in [2.75, 3.05) is 7.11 Å². The summed E-state index contributed by atoms with van der Waals surface area (Å²) in [6.07, 6.45) is 7.60. The molecule has 0 radical (unpaired) electrons. The summed E-state index contributed by atoms with van der Waals surface area (Å²) >= 11 is 0. The Morgan fingerprint density at radius 1 is 1.40 bits per heavy atom. The molecule has 0 aromatic carbocycles. The van der Waals surface area contributed by atoms with Crippen LogP contribution in [0.5, 0.6) is 0 Å². The lowest BCUT2D eigenvalue weighted by atomic mass is 10.2. The molecule has 25 heavy (non-hydrogen) atoms. The molecule has 0 atom stereocenters. The molecule has 0 unspecified atom stereocenters. The van der Waals surface area contributed by atoms with Crippen LogP contribution in [0.2, 0.25) is 0 Å². The standard InChI is InChI=1S/C17H17N5O3/c1-25-10-14-6-13(9-22(14)8-12-2-4-18-5-3-12)15(23)7-16(24)17-19-11-20-21-17/h2-7,9,11,24H,8,10H2,1H3,(H,19,20,21). The number of H-pyrrole nitrogens is 1. The van der Waals surface area contributed by atoms with Gasteiger partial charge in [-0.05, 0) is 23.8 Å². The van der Waals surface area contributed by atoms with E-state index in [2.05, 4.69) is 20.2 Å². The van der Waals surface area contributed by atoms with Gasteiger partial charge in [0.05, 0.1) is 6.61 Å². The molecule has 3 rings (SSSR count). The number of pyridine rings is 1. The molecule has 0 aliphatic carbocycles. The smallest absolute Gasteiger partial charge is 0.215 e. The predicted octanol–water partition coefficient (Wildman–Crippen LogP) is 1.98. The largest absolute Gasteiger partial charge is 0.504 e. The van der Waals surface area contributed by atoms with E-state index in [9.17, 15) is 9.90 Å². The number of nitrogens with zero attached hydrogens (tertiary/aromatic N) is 4. The summed E-state index contributed by atoms with van der Waals surface area (Å²) in [6, 6.07) is 5.56. The number of allylic oxidation sites excluding steroid dienone is 1. The van der Waals surface area contributed by atoms with Crippen molar-refractivity contribution < 1.29 is 14.6 Å². The monoisotopic (exact) mass is 339 g/mol. The number of rotatable bonds is 7. The van der Waals surface area contributed by atoms with E-state index in [1.807, 2.05) is 16.7 Å². The first-order chi connectivity index (χ1) is 12.2. The lowest BCUT2D eigenvalue weighted by Gasteiger charge is -2.08. The number of ether oxygens (including phenoxy) is 1. The molecule has 0 bridgehead atoms. The van der Waals surface area contributed by atoms with Crippen LogP contribution < -0.4 is 0 Å². The fourth-order valence-electron chi connectivity index (χ4n) is 2.39. The van der Waals surface area contributed by atoms with E-state index in [-0.39, 0.29) is 17.4 Å². The van der Waals surface area contributed by atoms with Crippen LogP contribution in [0.4, 0.5) is 0 Å². The molecule has 0 saturated heterocycles. The van der Waals surface area contributed by atoms with Crippen molar-refractivity contribution >= 4 is 11.5 Å². The van der Waals surface area contributed by atoms with Crippen LogP contribution in [-0.4, -0.2) is 42.7 Å². The van der Waals surface area contributed by atoms with Gasteiger partial charge in [0.2, 0.25) is 5.82 Å². The normalized spacial score (nSPS) is 11.6. The quantitative estimate of drug-likeness (QED) is 0.387. The molecule has 0 spiro atoms. The summed E-state index contributed by atoms with van der Waals surface area (Å²) in [4.78, 5) is 20.2. The summed E-state index contributed by atoms with van der Waals surface area (Å²) in [6.45, 7) is 0.958. The molecule has 0 aliphatic rings. The van der Waals surface area contributed by atoms with Crippen LogP contribution in [0.1, 0.15) is 27.4 Å². The molecule has 8 heteroatoms. The maximum absolute atomic E-state index is 12.4. The number of hydrogen-bond donors (Lipinski definition) is 2. The highest BCUT2D eigenvalue weighted by molar-refractivity contribution is 6.07. The predicted molar refractivity (Wildman–Crippen MR) is 89.8 cm³/mol. The first-order valence-corrected chi connectivity index (χ1v) is 7.55. The second-order valence-corrected chi connectivity index (χ2v) is 5.35. The Morgan fingerprint density at radius 3 is 2.88 bits per heavy atom. The highest BCUT2D eigenvalue weighted by Crippen LogP contribution is 2.15. The molecule has 3 heterocycles. The van der Waals surface area contributed by atoms with Crippen molar-refractivity contribution in [3.63, 3.8) is 0 Å². The van der Waals surface area contributed by atoms with Crippen molar-refractivity contribution in [3.05, 3.63) is 71.8 Å². The van der Waals surface area contributed by atoms with E-state index in [0.717, 1.165) is 17.3 Å². The Kier molecular flexibility index (Phi) is 5.00. The highest BCUT2D eigenvalue weighted by atomic mass is 16.5. The van der Waals surface area contributed by atoms with Gasteiger partial charge in [-0.2, -0.15) is 5.10 Å². The van der Waals surface area contributed by atoms with E-state index < -0.39 is 0 Å². The zero-order chi connectivity index (χ0) is 17.6. The number of aliphatic hydroxyl groups excluding tert-OH is 1. The first-order valence-electron chi connectivity index (χ1n) is 7.55. The minimum Gasteiger partial charge on any atom is -0.504 e. The van der Waals surface area contributed by atoms with Crippen LogP contribution in [-0.2, 0) is 17.9 Å². The minimum atomic E-state index is -0.340. The minimum absolute atomic E-state index is 0.0710. The number of ketones is 1. The fourth-order valence-corrected chi connectivity index (χ4v) is 2.39. The van der Waals surface area contributed by atoms with Gasteiger partial charge in [0.1, 0.15) is 6.33 Å². The first kappa shape index (κ1) is 16.6. The third kappa shape index (κ3) is 3.99. The Labute approximate surface area is 143 Å². The molecule has 2 N–H and O–H groups in total. The zero-order valence-corrected chi connectivity index (χ0v) is 13.6. The second kappa shape index (κ2) is 7.54. The molecule has 128 valence electrons. The van der Waals surface area contributed by atoms with E-state index in [4.69, 9.17) is 4.74 Å². The zero-order valence-electron chi connectivity index (χ0n) is 13.6. The topological polar surface area (TPSA) is 106 Å². The van der Waals surface area contributed by atoms with Crippen molar-refractivity contribution in [2.45, 2.75) is 13.2 Å². The van der Waals surface area contributed by atoms with Gasteiger partial charge in [-0.1, -0.05) is 0 Å². The maximum atomic E-state index is 12.4. The number of nitrogens with one attached hydrogen (secondary N) is 1. The Hall–Kier alpha value is -3.26. The van der Waals surface area contributed by atoms with Crippen molar-refractivity contribution in [3.8, 4) is 0 Å². The number of aliphatic hydroxyl groups is 1. The van der Waals surface area contributed by atoms with Crippen LogP contribution in [0.25, 0.3) is 5.76 Å². The fraction of sp³-hybridized carbons (Fsp3) is 0.176. The van der Waals surface area contributed by atoms with Gasteiger partial charge in [0.15, 0.2) is 11.5 Å². The van der Waals surface area contributed by atoms with Gasteiger partial charge >= 0.3 is 0 Å². The molecule has 0 aliphatic heterocycles. The van der Waals surface area contributed by atoms with E-state index in [1.54, 1.807) is 31.8 Å². The van der Waals surface area contributed by atoms with Gasteiger partial charge in [-0.25, -0.2) is 4.98 Å². The van der Waals surface area contributed by atoms with Gasteiger partial charge < -0.3 is 14.4 Å². The summed E-state index contributed by atoms with van der Waals surface area (Å²) in [7, 11) is 1.60. The van der Waals surface area contributed by atoms with Crippen LogP contribution >= 0.6 is 0 Å². The van der Waals surface area contributed by atoms with E-state index in [0.29, 0.717) is 18.7 Å². The number of carbonyl (C=O) groups is 1. The average molecular weight is 339 g/mol. The van der Waals surface area contributed by atoms with Crippen molar-refractivity contribution in [2.24, 2.45) is 0 Å². The van der Waals surface area contributed by atoms with Gasteiger partial charge in [-0.15, -0.1) is 0 Å². The second-order valence-electron chi connectivity index (χ2n) is 5.35. The molecule has 0 saturated carbocycles. The number of aromatic amines is 1. The molecular formula is C17H17N5O3. The van der Waals surface area contributed by atoms with Gasteiger partial charge in [0, 0.05) is 49.6 Å². The van der Waals surface area contributed by atoms with Gasteiger partial charge in [0.25, 0.3) is 0 Å². The number of methoxy groups -OCH3 is 1. The number of carbonyl (C=O) groups excluding carboxylic acids is 1. The van der Waals surface area contributed by atoms with E-state index in [1.165, 1.54) is 6.33 Å². The molecule has 3 aromatic rings. The van der Waals surface area contributed by atoms with Gasteiger partial charge in [-0.3, -0.25) is 14.9 Å². The Morgan fingerprint density at radius 2 is 2.20 bits per heavy atom. The highest BCUT2D eigenvalue weighted by Gasteiger charge is 2.13. The Balaban J connectivity index is 1.85. The molecular weight excluding hydrogens is 322 g/mol. The third-order valence-corrected chi connectivity index (χ3v) is 3.58. The SMILES string of the molecule is COCc1cc(C(=O)C=C(O)c2nc[nH]n2)cn1Cc1ccncc1. The molecule has 0 fully saturated rings. The van der Waals surface area contributed by atoms with Crippen molar-refractivity contribution in [1.82, 2.24) is 24.7 Å². The summed E-state index contributed by atoms with van der Waals surface area (Å²) in [5, 5.41) is 16.1. The Bertz CT molecular complexity index is 869. The summed E-state index contributed by atoms with van der Waals surface area (Å²) in [5.74, 6) is -0.559. The summed E-state index contributed by atoms with van der Waals surface area (Å²) < 4.78 is 7.14. The number of hydrogen-bond acceptors (Lipinski definition) is 6. The van der Waals surface area contributed by atoms with E-state index >= 15 is 0 Å². The van der Waals surface area contributed by atoms with Crippen molar-refractivity contribution in [1.29, 1.82) is 0 Å².